The number of rotatable bonds is 2. The van der Waals surface area contributed by atoms with Crippen LogP contribution >= 0.6 is 0 Å². The van der Waals surface area contributed by atoms with Crippen LogP contribution in [0.4, 0.5) is 0 Å². The number of fused-ring (bicyclic) bond motifs is 6. The van der Waals surface area contributed by atoms with E-state index in [1.807, 2.05) is 60.7 Å². The molecule has 6 nitrogen and oxygen atoms in total. The third-order valence-electron chi connectivity index (χ3n) is 7.97. The molecule has 1 spiro atoms. The molecule has 7 rings (SSSR count). The Morgan fingerprint density at radius 1 is 1.16 bits per heavy atom. The van der Waals surface area contributed by atoms with Gasteiger partial charge in [0.2, 0.25) is 11.4 Å². The number of para-hydroxylation sites is 1. The summed E-state index contributed by atoms with van der Waals surface area (Å²) in [5, 5.41) is 1.08. The first kappa shape index (κ1) is 18.2. The minimum atomic E-state index is -1.37. The standard InChI is InChI=1S/C26H22N2O4/c1-31-24(30)26-22-17(16-9-5-6-10-18(16)27-22)12-14-28(26)23(29)21-20(15-7-3-2-4-8-15)19-11-13-25(21,26)32-19/h2-11,13,19-21,27H,12,14H2,1H3/t19-,20+,21+,25+,26-/m0/s1. The molecule has 2 bridgehead atoms. The molecule has 3 aromatic rings. The smallest absolute Gasteiger partial charge is 0.341 e. The second kappa shape index (κ2) is 5.90. The highest BCUT2D eigenvalue weighted by atomic mass is 16.5. The summed E-state index contributed by atoms with van der Waals surface area (Å²) in [4.78, 5) is 33.0. The molecule has 1 N–H and O–H groups in total. The van der Waals surface area contributed by atoms with Crippen molar-refractivity contribution in [1.29, 1.82) is 0 Å². The fourth-order valence-electron chi connectivity index (χ4n) is 6.86. The van der Waals surface area contributed by atoms with Gasteiger partial charge in [0.25, 0.3) is 0 Å². The molecule has 4 aliphatic heterocycles. The Bertz CT molecular complexity index is 1330. The topological polar surface area (TPSA) is 71.6 Å². The van der Waals surface area contributed by atoms with Gasteiger partial charge in [0.05, 0.1) is 24.8 Å². The van der Waals surface area contributed by atoms with Crippen LogP contribution in [0.3, 0.4) is 0 Å². The number of nitrogens with zero attached hydrogens (tertiary/aromatic N) is 1. The van der Waals surface area contributed by atoms with Crippen LogP contribution in [-0.2, 0) is 31.0 Å². The molecule has 0 aliphatic carbocycles. The van der Waals surface area contributed by atoms with Crippen molar-refractivity contribution in [3.63, 3.8) is 0 Å². The fourth-order valence-corrected chi connectivity index (χ4v) is 6.86. The van der Waals surface area contributed by atoms with E-state index in [-0.39, 0.29) is 17.9 Å². The number of esters is 1. The second-order valence-electron chi connectivity index (χ2n) is 9.11. The predicted octanol–water partition coefficient (Wildman–Crippen LogP) is 3.04. The SMILES string of the molecule is COC(=O)[C@]12c3[nH]c4ccccc4c3CCN1C(=O)[C@H]1[C@H](c3ccccc3)[C@@H]3C=C[C@@]12O3. The molecule has 6 heteroatoms. The number of carbonyl (C=O) groups is 2. The zero-order chi connectivity index (χ0) is 21.7. The van der Waals surface area contributed by atoms with E-state index in [9.17, 15) is 9.59 Å². The third kappa shape index (κ3) is 1.80. The number of amides is 1. The summed E-state index contributed by atoms with van der Waals surface area (Å²) in [5.74, 6) is -1.13. The maximum Gasteiger partial charge on any atom is 0.341 e. The largest absolute Gasteiger partial charge is 0.467 e. The van der Waals surface area contributed by atoms with Gasteiger partial charge >= 0.3 is 5.97 Å². The van der Waals surface area contributed by atoms with Gasteiger partial charge in [0.1, 0.15) is 5.60 Å². The van der Waals surface area contributed by atoms with Gasteiger partial charge in [-0.3, -0.25) is 4.79 Å². The van der Waals surface area contributed by atoms with E-state index in [1.165, 1.54) is 7.11 Å². The van der Waals surface area contributed by atoms with Gasteiger partial charge in [-0.15, -0.1) is 0 Å². The number of aromatic nitrogens is 1. The van der Waals surface area contributed by atoms with Crippen LogP contribution in [-0.4, -0.2) is 47.1 Å². The first-order valence-electron chi connectivity index (χ1n) is 11.1. The Morgan fingerprint density at radius 3 is 2.75 bits per heavy atom. The molecule has 5 heterocycles. The van der Waals surface area contributed by atoms with Crippen LogP contribution in [0, 0.1) is 5.92 Å². The van der Waals surface area contributed by atoms with E-state index in [4.69, 9.17) is 9.47 Å². The first-order chi connectivity index (χ1) is 15.6. The monoisotopic (exact) mass is 426 g/mol. The average Bonchev–Trinajstić information content (AvgIpc) is 3.57. The Hall–Kier alpha value is -3.38. The van der Waals surface area contributed by atoms with Crippen molar-refractivity contribution in [3.8, 4) is 0 Å². The van der Waals surface area contributed by atoms with Gasteiger partial charge < -0.3 is 19.4 Å². The molecule has 0 unspecified atom stereocenters. The lowest BCUT2D eigenvalue weighted by Crippen LogP contribution is -2.63. The van der Waals surface area contributed by atoms with E-state index in [1.54, 1.807) is 4.90 Å². The summed E-state index contributed by atoms with van der Waals surface area (Å²) in [6, 6.07) is 18.0. The van der Waals surface area contributed by atoms with Crippen LogP contribution in [0.25, 0.3) is 10.9 Å². The summed E-state index contributed by atoms with van der Waals surface area (Å²) in [6.45, 7) is 0.449. The maximum atomic E-state index is 14.0. The highest BCUT2D eigenvalue weighted by Gasteiger charge is 2.81. The molecule has 2 saturated heterocycles. The quantitative estimate of drug-likeness (QED) is 0.505. The van der Waals surface area contributed by atoms with Crippen LogP contribution in [0.2, 0.25) is 0 Å². The minimum Gasteiger partial charge on any atom is -0.467 e. The van der Waals surface area contributed by atoms with Crippen molar-refractivity contribution in [3.05, 3.63) is 83.6 Å². The molecule has 5 atom stereocenters. The third-order valence-corrected chi connectivity index (χ3v) is 7.97. The zero-order valence-electron chi connectivity index (χ0n) is 17.6. The Kier molecular flexibility index (Phi) is 3.36. The van der Waals surface area contributed by atoms with Gasteiger partial charge in [-0.1, -0.05) is 60.7 Å². The van der Waals surface area contributed by atoms with Crippen molar-refractivity contribution in [2.24, 2.45) is 5.92 Å². The summed E-state index contributed by atoms with van der Waals surface area (Å²) >= 11 is 0. The number of methoxy groups -OCH3 is 1. The van der Waals surface area contributed by atoms with E-state index < -0.39 is 23.0 Å². The highest BCUT2D eigenvalue weighted by molar-refractivity contribution is 6.01. The van der Waals surface area contributed by atoms with Gasteiger partial charge in [-0.2, -0.15) is 0 Å². The lowest BCUT2D eigenvalue weighted by Gasteiger charge is -2.46. The number of carbonyl (C=O) groups excluding carboxylic acids is 2. The van der Waals surface area contributed by atoms with E-state index >= 15 is 0 Å². The number of hydrogen-bond donors (Lipinski definition) is 1. The number of benzene rings is 2. The summed E-state index contributed by atoms with van der Waals surface area (Å²) in [7, 11) is 1.39. The van der Waals surface area contributed by atoms with Crippen LogP contribution in [0.15, 0.2) is 66.7 Å². The van der Waals surface area contributed by atoms with Crippen LogP contribution in [0.5, 0.6) is 0 Å². The molecule has 2 fully saturated rings. The summed E-state index contributed by atoms with van der Waals surface area (Å²) in [5.41, 5.74) is 1.31. The number of ether oxygens (including phenoxy) is 2. The van der Waals surface area contributed by atoms with Crippen molar-refractivity contribution in [1.82, 2.24) is 9.88 Å². The number of H-pyrrole nitrogens is 1. The normalized spacial score (nSPS) is 34.0. The minimum absolute atomic E-state index is 0.0413. The van der Waals surface area contributed by atoms with Crippen LogP contribution < -0.4 is 0 Å². The molecule has 2 aromatic carbocycles. The van der Waals surface area contributed by atoms with Crippen molar-refractivity contribution < 1.29 is 19.1 Å². The van der Waals surface area contributed by atoms with Gasteiger partial charge in [-0.25, -0.2) is 4.79 Å². The molecule has 1 amide bonds. The number of nitrogens with one attached hydrogen (secondary N) is 1. The fraction of sp³-hybridized carbons (Fsp3) is 0.308. The van der Waals surface area contributed by atoms with Crippen molar-refractivity contribution in [2.75, 3.05) is 13.7 Å². The maximum absolute atomic E-state index is 14.0. The molecule has 0 saturated carbocycles. The molecular formula is C26H22N2O4. The van der Waals surface area contributed by atoms with Crippen LogP contribution in [0.1, 0.15) is 22.7 Å². The molecular weight excluding hydrogens is 404 g/mol. The van der Waals surface area contributed by atoms with E-state index in [2.05, 4.69) is 11.1 Å². The van der Waals surface area contributed by atoms with Gasteiger partial charge in [0.15, 0.2) is 0 Å². The zero-order valence-corrected chi connectivity index (χ0v) is 17.6. The van der Waals surface area contributed by atoms with E-state index in [0.717, 1.165) is 27.7 Å². The molecule has 4 aliphatic rings. The first-order valence-corrected chi connectivity index (χ1v) is 11.1. The average molecular weight is 426 g/mol. The highest BCUT2D eigenvalue weighted by Crippen LogP contribution is 2.66. The Labute approximate surface area is 184 Å². The molecule has 0 radical (unpaired) electrons. The second-order valence-corrected chi connectivity index (χ2v) is 9.11. The Morgan fingerprint density at radius 2 is 1.94 bits per heavy atom. The van der Waals surface area contributed by atoms with Crippen molar-refractivity contribution in [2.45, 2.75) is 29.6 Å². The lowest BCUT2D eigenvalue weighted by atomic mass is 9.65. The van der Waals surface area contributed by atoms with Gasteiger partial charge in [0, 0.05) is 23.4 Å². The molecule has 160 valence electrons. The predicted molar refractivity (Wildman–Crippen MR) is 117 cm³/mol. The summed E-state index contributed by atoms with van der Waals surface area (Å²) in [6.07, 6.45) is 4.39. The molecule has 1 aromatic heterocycles. The number of hydrogen-bond acceptors (Lipinski definition) is 4. The van der Waals surface area contributed by atoms with Gasteiger partial charge in [-0.05, 0) is 23.6 Å². The molecule has 32 heavy (non-hydrogen) atoms. The van der Waals surface area contributed by atoms with E-state index in [0.29, 0.717) is 13.0 Å². The number of aromatic amines is 1. The summed E-state index contributed by atoms with van der Waals surface area (Å²) < 4.78 is 12.1. The Balaban J connectivity index is 1.53. The lowest BCUT2D eigenvalue weighted by molar-refractivity contribution is -0.172. The van der Waals surface area contributed by atoms with Crippen molar-refractivity contribution >= 4 is 22.8 Å².